The molecular formula is C44H86O16Si8. The average molecular weight is 1100 g/mol. The molecule has 16 nitrogen and oxygen atoms in total. The van der Waals surface area contributed by atoms with Gasteiger partial charge in [0.25, 0.3) is 0 Å². The molecule has 0 N–H and O–H groups in total. The second-order valence-electron chi connectivity index (χ2n) is 20.4. The summed E-state index contributed by atoms with van der Waals surface area (Å²) in [7, 11) is -23.4. The normalized spacial score (nSPS) is 29.2. The SMILES string of the molecule is C=C(C)C(=O)OCCCC[Si]1(C)O[Si](C)(CCCCOC(=O)C(=C)C)O[Si](C)(CCCOC(=O)C(=C)C)O[Si](C)(CCCC[Si]2(C)O[Si](C)(C)O[Si](C)(C)O[Si](C)(CCCOC(=O)C(=C)C)O2)O1. The summed E-state index contributed by atoms with van der Waals surface area (Å²) in [6.07, 6.45) is 5.25. The molecule has 0 aromatic rings. The Bertz CT molecular complexity index is 1800. The van der Waals surface area contributed by atoms with Gasteiger partial charge in [-0.3, -0.25) is 0 Å². The molecule has 2 saturated heterocycles. The molecule has 2 aliphatic heterocycles. The zero-order valence-corrected chi connectivity index (χ0v) is 52.1. The van der Waals surface area contributed by atoms with Crippen LogP contribution < -0.4 is 0 Å². The maximum Gasteiger partial charge on any atom is 0.333 e. The van der Waals surface area contributed by atoms with Crippen molar-refractivity contribution in [3.8, 4) is 0 Å². The Labute approximate surface area is 417 Å². The van der Waals surface area contributed by atoms with E-state index in [-0.39, 0.29) is 26.4 Å². The number of rotatable bonds is 27. The summed E-state index contributed by atoms with van der Waals surface area (Å²) >= 11 is 0. The van der Waals surface area contributed by atoms with Crippen LogP contribution in [0.4, 0.5) is 0 Å². The van der Waals surface area contributed by atoms with E-state index in [1.807, 2.05) is 13.1 Å². The molecule has 0 aromatic heterocycles. The molecule has 2 fully saturated rings. The highest BCUT2D eigenvalue weighted by molar-refractivity contribution is 6.94. The molecule has 2 aliphatic rings. The van der Waals surface area contributed by atoms with E-state index < -0.39 is 92.4 Å². The first-order valence-electron chi connectivity index (χ1n) is 24.1. The second kappa shape index (κ2) is 26.8. The molecule has 6 unspecified atom stereocenters. The van der Waals surface area contributed by atoms with E-state index in [2.05, 4.69) is 78.7 Å². The highest BCUT2D eigenvalue weighted by atomic mass is 28.5. The first kappa shape index (κ1) is 62.4. The number of unbranched alkanes of at least 4 members (excludes halogenated alkanes) is 3. The molecule has 0 amide bonds. The van der Waals surface area contributed by atoms with Crippen LogP contribution in [0.15, 0.2) is 48.6 Å². The van der Waals surface area contributed by atoms with Crippen LogP contribution >= 0.6 is 0 Å². The summed E-state index contributed by atoms with van der Waals surface area (Å²) in [5, 5.41) is 0. The van der Waals surface area contributed by atoms with Crippen molar-refractivity contribution in [2.24, 2.45) is 0 Å². The van der Waals surface area contributed by atoms with E-state index >= 15 is 0 Å². The van der Waals surface area contributed by atoms with Crippen LogP contribution in [-0.2, 0) is 71.0 Å². The molecule has 0 aliphatic carbocycles. The Balaban J connectivity index is 2.44. The number of hydrogen-bond donors (Lipinski definition) is 0. The molecular weight excluding hydrogens is 1010 g/mol. The summed E-state index contributed by atoms with van der Waals surface area (Å²) in [5.41, 5.74) is 1.39. The lowest BCUT2D eigenvalue weighted by Gasteiger charge is -2.50. The van der Waals surface area contributed by atoms with Gasteiger partial charge in [0.15, 0.2) is 0 Å². The first-order valence-corrected chi connectivity index (χ1v) is 44.9. The van der Waals surface area contributed by atoms with Crippen LogP contribution in [0, 0.1) is 0 Å². The molecule has 0 radical (unpaired) electrons. The molecule has 68 heavy (non-hydrogen) atoms. The Morgan fingerprint density at radius 1 is 0.309 bits per heavy atom. The highest BCUT2D eigenvalue weighted by Crippen LogP contribution is 2.41. The third-order valence-electron chi connectivity index (χ3n) is 11.0. The van der Waals surface area contributed by atoms with Gasteiger partial charge in [-0.2, -0.15) is 0 Å². The van der Waals surface area contributed by atoms with Gasteiger partial charge in [-0.05, 0) is 168 Å². The monoisotopic (exact) mass is 1090 g/mol. The van der Waals surface area contributed by atoms with E-state index in [0.29, 0.717) is 97.1 Å². The van der Waals surface area contributed by atoms with Crippen LogP contribution in [0.2, 0.25) is 102 Å². The van der Waals surface area contributed by atoms with E-state index in [4.69, 9.17) is 51.9 Å². The first-order chi connectivity index (χ1) is 31.2. The van der Waals surface area contributed by atoms with Gasteiger partial charge in [0.2, 0.25) is 0 Å². The molecule has 0 spiro atoms. The smallest absolute Gasteiger partial charge is 0.333 e. The van der Waals surface area contributed by atoms with Crippen LogP contribution in [0.1, 0.15) is 79.1 Å². The Kier molecular flexibility index (Phi) is 24.6. The van der Waals surface area contributed by atoms with Gasteiger partial charge in [0.1, 0.15) is 0 Å². The fraction of sp³-hybridized carbons (Fsp3) is 0.727. The molecule has 390 valence electrons. The number of hydrogen-bond acceptors (Lipinski definition) is 16. The quantitative estimate of drug-likeness (QED) is 0.0249. The van der Waals surface area contributed by atoms with Crippen molar-refractivity contribution in [3.05, 3.63) is 48.6 Å². The number of ether oxygens (including phenoxy) is 4. The summed E-state index contributed by atoms with van der Waals surface area (Å²) in [6.45, 7) is 42.9. The van der Waals surface area contributed by atoms with Crippen molar-refractivity contribution in [2.45, 2.75) is 181 Å². The fourth-order valence-corrected chi connectivity index (χ4v) is 54.3. The van der Waals surface area contributed by atoms with Crippen LogP contribution in [0.25, 0.3) is 0 Å². The minimum absolute atomic E-state index is 0.188. The van der Waals surface area contributed by atoms with Crippen molar-refractivity contribution >= 4 is 92.4 Å². The third-order valence-corrected chi connectivity index (χ3v) is 47.2. The zero-order chi connectivity index (χ0) is 51.8. The van der Waals surface area contributed by atoms with Crippen molar-refractivity contribution in [2.75, 3.05) is 26.4 Å². The molecule has 0 saturated carbocycles. The maximum atomic E-state index is 12.3. The lowest BCUT2D eigenvalue weighted by molar-refractivity contribution is -0.139. The lowest BCUT2D eigenvalue weighted by Crippen LogP contribution is -2.67. The number of esters is 4. The van der Waals surface area contributed by atoms with Crippen molar-refractivity contribution < 1.29 is 71.0 Å². The molecule has 2 heterocycles. The standard InChI is InChI=1S/C44H86O16Si8/c1-37(2)41(45)49-27-19-21-31-65(15)57-66(16,32-22-20-28-50-42(46)38(3)4)59-68(18,36-26-30-52-44(48)40(7)8)60-67(17,58-65)34-24-23-33-63(13)54-61(9,10)53-62(11,12)55-64(14,56-63)35-25-29-51-43(47)39(5)6/h1,3,5,7,19-36H2,2,4,6,8-18H3. The summed E-state index contributed by atoms with van der Waals surface area (Å²) < 4.78 is 79.0. The number of carbonyl (C=O) groups is 4. The molecule has 2 rings (SSSR count). The third kappa shape index (κ3) is 23.2. The predicted molar refractivity (Wildman–Crippen MR) is 282 cm³/mol. The lowest BCUT2D eigenvalue weighted by atomic mass is 10.3. The van der Waals surface area contributed by atoms with Crippen molar-refractivity contribution in [3.63, 3.8) is 0 Å². The molecule has 0 aromatic carbocycles. The van der Waals surface area contributed by atoms with Gasteiger partial charge < -0.3 is 51.9 Å². The predicted octanol–water partition coefficient (Wildman–Crippen LogP) is 10.6. The Morgan fingerprint density at radius 2 is 0.500 bits per heavy atom. The summed E-state index contributed by atoms with van der Waals surface area (Å²) in [6, 6.07) is 3.74. The van der Waals surface area contributed by atoms with Gasteiger partial charge in [-0.25, -0.2) is 19.2 Å². The Morgan fingerprint density at radius 3 is 0.735 bits per heavy atom. The van der Waals surface area contributed by atoms with E-state index in [0.717, 1.165) is 12.8 Å². The van der Waals surface area contributed by atoms with E-state index in [1.165, 1.54) is 0 Å². The average Bonchev–Trinajstić information content (AvgIpc) is 3.16. The van der Waals surface area contributed by atoms with Gasteiger partial charge in [-0.15, -0.1) is 0 Å². The van der Waals surface area contributed by atoms with Gasteiger partial charge in [0.05, 0.1) is 26.4 Å². The highest BCUT2D eigenvalue weighted by Gasteiger charge is 2.57. The van der Waals surface area contributed by atoms with Crippen LogP contribution in [-0.4, -0.2) is 119 Å². The van der Waals surface area contributed by atoms with Crippen LogP contribution in [0.5, 0.6) is 0 Å². The summed E-state index contributed by atoms with van der Waals surface area (Å²) in [4.78, 5) is 48.7. The van der Waals surface area contributed by atoms with Crippen molar-refractivity contribution in [1.29, 1.82) is 0 Å². The zero-order valence-electron chi connectivity index (χ0n) is 44.1. The topological polar surface area (TPSA) is 179 Å². The van der Waals surface area contributed by atoms with Crippen LogP contribution in [0.3, 0.4) is 0 Å². The minimum Gasteiger partial charge on any atom is -0.462 e. The van der Waals surface area contributed by atoms with Gasteiger partial charge in [0, 0.05) is 22.3 Å². The molecule has 6 atom stereocenters. The van der Waals surface area contributed by atoms with Gasteiger partial charge in [-0.1, -0.05) is 39.2 Å². The second-order valence-corrected chi connectivity index (χ2v) is 49.1. The van der Waals surface area contributed by atoms with Gasteiger partial charge >= 0.3 is 92.4 Å². The minimum atomic E-state index is -3.10. The fourth-order valence-electron chi connectivity index (χ4n) is 8.62. The summed E-state index contributed by atoms with van der Waals surface area (Å²) in [5.74, 6) is -1.70. The maximum absolute atomic E-state index is 12.3. The van der Waals surface area contributed by atoms with E-state index in [1.54, 1.807) is 27.7 Å². The largest absolute Gasteiger partial charge is 0.462 e. The molecule has 0 bridgehead atoms. The van der Waals surface area contributed by atoms with Crippen molar-refractivity contribution in [1.82, 2.24) is 0 Å². The van der Waals surface area contributed by atoms with E-state index in [9.17, 15) is 19.2 Å². The molecule has 24 heteroatoms. The Hall–Kier alpha value is -1.74. The number of carbonyl (C=O) groups excluding carboxylic acids is 4.